The van der Waals surface area contributed by atoms with E-state index >= 15 is 0 Å². The predicted octanol–water partition coefficient (Wildman–Crippen LogP) is 3.33. The molecule has 2 aliphatic heterocycles. The van der Waals surface area contributed by atoms with E-state index in [-0.39, 0.29) is 30.5 Å². The molecule has 0 spiro atoms. The number of benzene rings is 2. The first kappa shape index (κ1) is 18.4. The lowest BCUT2D eigenvalue weighted by Crippen LogP contribution is -2.36. The van der Waals surface area contributed by atoms with E-state index in [4.69, 9.17) is 11.6 Å². The van der Waals surface area contributed by atoms with Gasteiger partial charge in [-0.25, -0.2) is 0 Å². The minimum atomic E-state index is -0.976. The highest BCUT2D eigenvalue weighted by atomic mass is 35.5. The molecule has 28 heavy (non-hydrogen) atoms. The van der Waals surface area contributed by atoms with Gasteiger partial charge >= 0.3 is 5.69 Å². The van der Waals surface area contributed by atoms with E-state index in [1.807, 2.05) is 12.1 Å². The number of anilines is 2. The first-order valence-corrected chi connectivity index (χ1v) is 9.07. The van der Waals surface area contributed by atoms with Crippen molar-refractivity contribution in [3.8, 4) is 0 Å². The number of nitro groups is 1. The zero-order valence-electron chi connectivity index (χ0n) is 14.6. The first-order valence-electron chi connectivity index (χ1n) is 8.70. The van der Waals surface area contributed by atoms with Gasteiger partial charge in [-0.1, -0.05) is 23.7 Å². The van der Waals surface area contributed by atoms with Gasteiger partial charge in [0.15, 0.2) is 0 Å². The Balaban J connectivity index is 1.57. The maximum Gasteiger partial charge on any atom is 0.306 e. The maximum atomic E-state index is 13.6. The number of carbonyl (C=O) groups excluding carboxylic acids is 2. The molecule has 7 nitrogen and oxygen atoms in total. The van der Waals surface area contributed by atoms with Gasteiger partial charge in [0, 0.05) is 25.6 Å². The van der Waals surface area contributed by atoms with Crippen LogP contribution in [0.5, 0.6) is 0 Å². The molecule has 144 valence electrons. The molecule has 0 radical (unpaired) electrons. The fourth-order valence-electron chi connectivity index (χ4n) is 3.78. The highest BCUT2D eigenvalue weighted by Crippen LogP contribution is 2.37. The van der Waals surface area contributed by atoms with Gasteiger partial charge in [0.2, 0.25) is 17.6 Å². The first-order chi connectivity index (χ1) is 13.4. The lowest BCUT2D eigenvalue weighted by Gasteiger charge is -2.22. The van der Waals surface area contributed by atoms with Gasteiger partial charge < -0.3 is 9.80 Å². The van der Waals surface area contributed by atoms with Crippen LogP contribution in [0, 0.1) is 21.8 Å². The van der Waals surface area contributed by atoms with Gasteiger partial charge in [-0.05, 0) is 30.2 Å². The smallest absolute Gasteiger partial charge is 0.306 e. The third-order valence-corrected chi connectivity index (χ3v) is 5.43. The average molecular weight is 404 g/mol. The molecule has 2 heterocycles. The Bertz CT molecular complexity index is 1010. The number of hydrogen-bond donors (Lipinski definition) is 0. The monoisotopic (exact) mass is 403 g/mol. The molecule has 0 aliphatic carbocycles. The van der Waals surface area contributed by atoms with Crippen molar-refractivity contribution in [3.63, 3.8) is 0 Å². The van der Waals surface area contributed by atoms with Gasteiger partial charge in [-0.15, -0.1) is 0 Å². The molecule has 0 bridgehead atoms. The lowest BCUT2D eigenvalue weighted by molar-refractivity contribution is -0.387. The maximum absolute atomic E-state index is 13.6. The molecule has 1 saturated heterocycles. The van der Waals surface area contributed by atoms with Crippen LogP contribution in [-0.4, -0.2) is 29.8 Å². The number of halogens is 2. The van der Waals surface area contributed by atoms with E-state index in [1.54, 1.807) is 11.0 Å². The van der Waals surface area contributed by atoms with E-state index in [0.717, 1.165) is 17.7 Å². The quantitative estimate of drug-likeness (QED) is 0.581. The highest BCUT2D eigenvalue weighted by molar-refractivity contribution is 6.34. The topological polar surface area (TPSA) is 83.8 Å². The number of nitro benzene ring substituents is 1. The van der Waals surface area contributed by atoms with Crippen LogP contribution in [-0.2, 0) is 16.0 Å². The second-order valence-electron chi connectivity index (χ2n) is 6.79. The van der Waals surface area contributed by atoms with E-state index in [0.29, 0.717) is 23.7 Å². The number of carbonyl (C=O) groups is 2. The van der Waals surface area contributed by atoms with Gasteiger partial charge in [-0.2, -0.15) is 4.39 Å². The number of rotatable bonds is 3. The summed E-state index contributed by atoms with van der Waals surface area (Å²) < 4.78 is 13.6. The lowest BCUT2D eigenvalue weighted by atomic mass is 10.1. The summed E-state index contributed by atoms with van der Waals surface area (Å²) in [6.45, 7) is 0.571. The summed E-state index contributed by atoms with van der Waals surface area (Å²) in [5.41, 5.74) is 1.15. The van der Waals surface area contributed by atoms with E-state index in [1.165, 1.54) is 11.0 Å². The van der Waals surface area contributed by atoms with Crippen LogP contribution in [0.3, 0.4) is 0 Å². The fourth-order valence-corrected chi connectivity index (χ4v) is 4.08. The summed E-state index contributed by atoms with van der Waals surface area (Å²) in [6, 6.07) is 8.73. The predicted molar refractivity (Wildman–Crippen MR) is 101 cm³/mol. The molecular formula is C19H15ClFN3O4. The van der Waals surface area contributed by atoms with E-state index in [9.17, 15) is 24.1 Å². The molecule has 0 aromatic heterocycles. The largest absolute Gasteiger partial charge is 0.311 e. The number of fused-ring (bicyclic) bond motifs is 1. The summed E-state index contributed by atoms with van der Waals surface area (Å²) in [5.74, 6) is -2.12. The molecule has 2 amide bonds. The molecule has 2 aromatic rings. The zero-order chi connectivity index (χ0) is 20.0. The van der Waals surface area contributed by atoms with Crippen molar-refractivity contribution in [2.45, 2.75) is 12.8 Å². The molecule has 1 atom stereocenters. The minimum absolute atomic E-state index is 0.0136. The van der Waals surface area contributed by atoms with Crippen LogP contribution < -0.4 is 9.80 Å². The zero-order valence-corrected chi connectivity index (χ0v) is 15.4. The van der Waals surface area contributed by atoms with Gasteiger partial charge in [-0.3, -0.25) is 19.7 Å². The van der Waals surface area contributed by atoms with Crippen molar-refractivity contribution in [2.24, 2.45) is 5.92 Å². The molecule has 1 unspecified atom stereocenters. The molecule has 0 N–H and O–H groups in total. The average Bonchev–Trinajstić information content (AvgIpc) is 3.26. The van der Waals surface area contributed by atoms with Crippen LogP contribution in [0.1, 0.15) is 12.0 Å². The summed E-state index contributed by atoms with van der Waals surface area (Å²) in [5, 5.41) is 11.4. The Morgan fingerprint density at radius 1 is 1.29 bits per heavy atom. The van der Waals surface area contributed by atoms with Crippen molar-refractivity contribution in [2.75, 3.05) is 22.9 Å². The summed E-state index contributed by atoms with van der Waals surface area (Å²) in [4.78, 5) is 38.5. The third-order valence-electron chi connectivity index (χ3n) is 5.12. The summed E-state index contributed by atoms with van der Waals surface area (Å²) >= 11 is 6.26. The number of hydrogen-bond acceptors (Lipinski definition) is 4. The number of amides is 2. The van der Waals surface area contributed by atoms with Crippen LogP contribution >= 0.6 is 11.6 Å². The second-order valence-corrected chi connectivity index (χ2v) is 7.19. The van der Waals surface area contributed by atoms with Crippen molar-refractivity contribution < 1.29 is 18.9 Å². The molecule has 9 heteroatoms. The van der Waals surface area contributed by atoms with Crippen molar-refractivity contribution >= 4 is 40.5 Å². The molecular weight excluding hydrogens is 389 g/mol. The van der Waals surface area contributed by atoms with Crippen LogP contribution in [0.2, 0.25) is 5.02 Å². The van der Waals surface area contributed by atoms with Crippen LogP contribution in [0.25, 0.3) is 0 Å². The SMILES string of the molecule is O=C1CC(C(=O)N2CCc3cccc(Cl)c32)CN1c1ccc(F)c([N+](=O)[O-])c1. The molecule has 0 saturated carbocycles. The molecule has 4 rings (SSSR count). The Hall–Kier alpha value is -3.00. The Labute approximate surface area is 164 Å². The molecule has 2 aliphatic rings. The minimum Gasteiger partial charge on any atom is -0.311 e. The van der Waals surface area contributed by atoms with Crippen molar-refractivity contribution in [1.29, 1.82) is 0 Å². The second kappa shape index (κ2) is 6.87. The van der Waals surface area contributed by atoms with E-state index in [2.05, 4.69) is 0 Å². The standard InChI is InChI=1S/C19H15ClFN3O4/c20-14-3-1-2-11-6-7-22(18(11)14)19(26)12-8-17(25)23(10-12)13-4-5-15(21)16(9-13)24(27)28/h1-5,9,12H,6-8,10H2. The highest BCUT2D eigenvalue weighted by Gasteiger charge is 2.40. The Morgan fingerprint density at radius 2 is 2.07 bits per heavy atom. The van der Waals surface area contributed by atoms with Crippen LogP contribution in [0.4, 0.5) is 21.5 Å². The Kier molecular flexibility index (Phi) is 4.50. The molecule has 1 fully saturated rings. The molecule has 2 aromatic carbocycles. The van der Waals surface area contributed by atoms with Crippen molar-refractivity contribution in [3.05, 3.63) is 62.9 Å². The normalized spacial score (nSPS) is 18.5. The fraction of sp³-hybridized carbons (Fsp3) is 0.263. The number of nitrogens with zero attached hydrogens (tertiary/aromatic N) is 3. The van der Waals surface area contributed by atoms with Crippen molar-refractivity contribution in [1.82, 2.24) is 0 Å². The Morgan fingerprint density at radius 3 is 2.82 bits per heavy atom. The summed E-state index contributed by atoms with van der Waals surface area (Å²) in [7, 11) is 0. The van der Waals surface area contributed by atoms with Gasteiger partial charge in [0.25, 0.3) is 0 Å². The third kappa shape index (κ3) is 2.99. The van der Waals surface area contributed by atoms with E-state index < -0.39 is 22.3 Å². The van der Waals surface area contributed by atoms with Gasteiger partial charge in [0.05, 0.1) is 27.2 Å². The van der Waals surface area contributed by atoms with Gasteiger partial charge in [0.1, 0.15) is 0 Å². The van der Waals surface area contributed by atoms with Crippen LogP contribution in [0.15, 0.2) is 36.4 Å². The number of para-hydroxylation sites is 1. The summed E-state index contributed by atoms with van der Waals surface area (Å²) in [6.07, 6.45) is 0.677.